The number of carbonyl (C=O) groups is 1. The van der Waals surface area contributed by atoms with Crippen molar-refractivity contribution in [1.29, 1.82) is 0 Å². The van der Waals surface area contributed by atoms with Crippen molar-refractivity contribution in [3.8, 4) is 5.69 Å². The van der Waals surface area contributed by atoms with Crippen LogP contribution in [0.15, 0.2) is 36.5 Å². The number of nitrogens with two attached hydrogens (primary N) is 1. The summed E-state index contributed by atoms with van der Waals surface area (Å²) in [7, 11) is 0. The van der Waals surface area contributed by atoms with E-state index in [2.05, 4.69) is 15.5 Å². The smallest absolute Gasteiger partial charge is 0.273 e. The molecule has 1 aliphatic carbocycles. The van der Waals surface area contributed by atoms with Gasteiger partial charge >= 0.3 is 0 Å². The van der Waals surface area contributed by atoms with Gasteiger partial charge in [0.25, 0.3) is 5.91 Å². The predicted octanol–water partition coefficient (Wildman–Crippen LogP) is 1.30. The third-order valence-electron chi connectivity index (χ3n) is 3.66. The van der Waals surface area contributed by atoms with Gasteiger partial charge in [-0.2, -0.15) is 9.90 Å². The van der Waals surface area contributed by atoms with Gasteiger partial charge in [0.05, 0.1) is 11.9 Å². The number of benzene rings is 1. The summed E-state index contributed by atoms with van der Waals surface area (Å²) in [4.78, 5) is 13.4. The summed E-state index contributed by atoms with van der Waals surface area (Å²) >= 11 is 0. The number of halogens is 1. The fraction of sp³-hybridized carbons (Fsp3) is 0.357. The standard InChI is InChI=1S/C14H17N5O.ClH/c15-14(7-4-8-14)10-16-13(20)12-9-17-19(18-12)11-5-2-1-3-6-11;/h1-3,5-6,9H,4,7-8,10,15H2,(H,16,20);1H. The summed E-state index contributed by atoms with van der Waals surface area (Å²) in [6, 6.07) is 9.47. The zero-order valence-corrected chi connectivity index (χ0v) is 12.3. The zero-order chi connectivity index (χ0) is 14.0. The molecule has 0 bridgehead atoms. The molecule has 21 heavy (non-hydrogen) atoms. The average molecular weight is 308 g/mol. The number of nitrogens with one attached hydrogen (secondary N) is 1. The van der Waals surface area contributed by atoms with Crippen LogP contribution in [0.25, 0.3) is 5.69 Å². The highest BCUT2D eigenvalue weighted by atomic mass is 35.5. The number of amides is 1. The van der Waals surface area contributed by atoms with Crippen molar-refractivity contribution in [2.45, 2.75) is 24.8 Å². The third kappa shape index (κ3) is 3.40. The second kappa shape index (κ2) is 6.24. The molecular formula is C14H18ClN5O. The van der Waals surface area contributed by atoms with Crippen molar-refractivity contribution < 1.29 is 4.79 Å². The van der Waals surface area contributed by atoms with Crippen LogP contribution in [-0.2, 0) is 0 Å². The highest BCUT2D eigenvalue weighted by Gasteiger charge is 2.32. The van der Waals surface area contributed by atoms with Gasteiger partial charge in [-0.25, -0.2) is 0 Å². The number of carbonyl (C=O) groups excluding carboxylic acids is 1. The Morgan fingerprint density at radius 3 is 2.67 bits per heavy atom. The molecule has 1 aliphatic rings. The van der Waals surface area contributed by atoms with Gasteiger partial charge in [-0.1, -0.05) is 18.2 Å². The Morgan fingerprint density at radius 1 is 1.33 bits per heavy atom. The van der Waals surface area contributed by atoms with Gasteiger partial charge in [0, 0.05) is 12.1 Å². The number of nitrogens with zero attached hydrogens (tertiary/aromatic N) is 3. The highest BCUT2D eigenvalue weighted by molar-refractivity contribution is 5.91. The van der Waals surface area contributed by atoms with E-state index in [-0.39, 0.29) is 23.9 Å². The summed E-state index contributed by atoms with van der Waals surface area (Å²) in [5.41, 5.74) is 6.96. The van der Waals surface area contributed by atoms with Crippen LogP contribution in [0.2, 0.25) is 0 Å². The van der Waals surface area contributed by atoms with Crippen molar-refractivity contribution in [3.05, 3.63) is 42.2 Å². The van der Waals surface area contributed by atoms with E-state index in [0.29, 0.717) is 12.2 Å². The lowest BCUT2D eigenvalue weighted by molar-refractivity contribution is 0.0924. The first-order valence-corrected chi connectivity index (χ1v) is 6.71. The van der Waals surface area contributed by atoms with Gasteiger partial charge in [0.1, 0.15) is 0 Å². The SMILES string of the molecule is Cl.NC1(CNC(=O)c2cnn(-c3ccccc3)n2)CCC1. The van der Waals surface area contributed by atoms with Crippen LogP contribution < -0.4 is 11.1 Å². The molecule has 1 amide bonds. The second-order valence-corrected chi connectivity index (χ2v) is 5.25. The summed E-state index contributed by atoms with van der Waals surface area (Å²) in [5, 5.41) is 11.1. The highest BCUT2D eigenvalue weighted by Crippen LogP contribution is 2.28. The molecule has 1 aromatic heterocycles. The Kier molecular flexibility index (Phi) is 4.59. The van der Waals surface area contributed by atoms with Gasteiger partial charge < -0.3 is 11.1 Å². The number of rotatable bonds is 4. The fourth-order valence-corrected chi connectivity index (χ4v) is 2.21. The molecule has 1 heterocycles. The van der Waals surface area contributed by atoms with Crippen LogP contribution in [0.3, 0.4) is 0 Å². The van der Waals surface area contributed by atoms with E-state index in [9.17, 15) is 4.79 Å². The molecule has 0 atom stereocenters. The topological polar surface area (TPSA) is 85.8 Å². The third-order valence-corrected chi connectivity index (χ3v) is 3.66. The molecule has 0 aliphatic heterocycles. The zero-order valence-electron chi connectivity index (χ0n) is 11.5. The van der Waals surface area contributed by atoms with Gasteiger partial charge in [-0.3, -0.25) is 4.79 Å². The molecule has 0 radical (unpaired) electrons. The largest absolute Gasteiger partial charge is 0.349 e. The minimum Gasteiger partial charge on any atom is -0.349 e. The monoisotopic (exact) mass is 307 g/mol. The van der Waals surface area contributed by atoms with Crippen molar-refractivity contribution in [2.24, 2.45) is 5.73 Å². The van der Waals surface area contributed by atoms with Crippen molar-refractivity contribution in [2.75, 3.05) is 6.54 Å². The fourth-order valence-electron chi connectivity index (χ4n) is 2.21. The number of para-hydroxylation sites is 1. The van der Waals surface area contributed by atoms with Crippen LogP contribution in [0.5, 0.6) is 0 Å². The van der Waals surface area contributed by atoms with E-state index in [0.717, 1.165) is 24.9 Å². The van der Waals surface area contributed by atoms with E-state index in [4.69, 9.17) is 5.73 Å². The van der Waals surface area contributed by atoms with Crippen LogP contribution >= 0.6 is 12.4 Å². The maximum atomic E-state index is 12.0. The molecule has 6 nitrogen and oxygen atoms in total. The first-order valence-electron chi connectivity index (χ1n) is 6.71. The lowest BCUT2D eigenvalue weighted by Crippen LogP contribution is -2.54. The number of aromatic nitrogens is 3. The second-order valence-electron chi connectivity index (χ2n) is 5.25. The summed E-state index contributed by atoms with van der Waals surface area (Å²) in [6.07, 6.45) is 4.52. The summed E-state index contributed by atoms with van der Waals surface area (Å²) < 4.78 is 0. The number of hydrogen-bond acceptors (Lipinski definition) is 4. The molecule has 1 aromatic carbocycles. The maximum Gasteiger partial charge on any atom is 0.273 e. The Hall–Kier alpha value is -1.92. The molecule has 1 fully saturated rings. The summed E-state index contributed by atoms with van der Waals surface area (Å²) in [6.45, 7) is 0.490. The normalized spacial score (nSPS) is 15.7. The summed E-state index contributed by atoms with van der Waals surface area (Å²) in [5.74, 6) is -0.232. The minimum absolute atomic E-state index is 0. The molecule has 0 unspecified atom stereocenters. The van der Waals surface area contributed by atoms with E-state index in [1.807, 2.05) is 30.3 Å². The Morgan fingerprint density at radius 2 is 2.05 bits per heavy atom. The van der Waals surface area contributed by atoms with Crippen LogP contribution in [0.1, 0.15) is 29.8 Å². The van der Waals surface area contributed by atoms with Crippen molar-refractivity contribution in [1.82, 2.24) is 20.3 Å². The van der Waals surface area contributed by atoms with Crippen LogP contribution in [-0.4, -0.2) is 33.0 Å². The molecule has 1 saturated carbocycles. The van der Waals surface area contributed by atoms with Gasteiger partial charge in [-0.15, -0.1) is 17.5 Å². The molecule has 112 valence electrons. The molecule has 7 heteroatoms. The average Bonchev–Trinajstić information content (AvgIpc) is 2.93. The van der Waals surface area contributed by atoms with Crippen molar-refractivity contribution in [3.63, 3.8) is 0 Å². The molecular weight excluding hydrogens is 290 g/mol. The molecule has 3 N–H and O–H groups in total. The van der Waals surface area contributed by atoms with Crippen LogP contribution in [0.4, 0.5) is 0 Å². The van der Waals surface area contributed by atoms with Gasteiger partial charge in [0.2, 0.25) is 0 Å². The molecule has 2 aromatic rings. The lowest BCUT2D eigenvalue weighted by atomic mass is 9.78. The Labute approximate surface area is 129 Å². The number of hydrogen-bond donors (Lipinski definition) is 2. The van der Waals surface area contributed by atoms with E-state index in [1.165, 1.54) is 11.0 Å². The van der Waals surface area contributed by atoms with Crippen molar-refractivity contribution >= 4 is 18.3 Å². The lowest BCUT2D eigenvalue weighted by Gasteiger charge is -2.37. The first kappa shape index (κ1) is 15.5. The Bertz CT molecular complexity index is 609. The Balaban J connectivity index is 0.00000161. The van der Waals surface area contributed by atoms with E-state index >= 15 is 0 Å². The maximum absolute atomic E-state index is 12.0. The van der Waals surface area contributed by atoms with E-state index < -0.39 is 0 Å². The predicted molar refractivity (Wildman–Crippen MR) is 81.7 cm³/mol. The molecule has 0 spiro atoms. The molecule has 3 rings (SSSR count). The van der Waals surface area contributed by atoms with E-state index in [1.54, 1.807) is 0 Å². The quantitative estimate of drug-likeness (QED) is 0.891. The first-order chi connectivity index (χ1) is 9.66. The minimum atomic E-state index is -0.232. The van der Waals surface area contributed by atoms with Gasteiger partial charge in [-0.05, 0) is 31.4 Å². The van der Waals surface area contributed by atoms with Gasteiger partial charge in [0.15, 0.2) is 5.69 Å². The van der Waals surface area contributed by atoms with Crippen LogP contribution in [0, 0.1) is 0 Å². The molecule has 0 saturated heterocycles.